The van der Waals surface area contributed by atoms with Gasteiger partial charge in [0.15, 0.2) is 5.60 Å². The Morgan fingerprint density at radius 1 is 1.30 bits per heavy atom. The summed E-state index contributed by atoms with van der Waals surface area (Å²) in [5.74, 6) is 0. The first-order valence-electron chi connectivity index (χ1n) is 6.98. The summed E-state index contributed by atoms with van der Waals surface area (Å²) in [6.07, 6.45) is -0.209. The Balaban J connectivity index is 1.88. The van der Waals surface area contributed by atoms with Crippen LogP contribution in [0, 0.1) is 16.7 Å². The molecule has 0 N–H and O–H groups in total. The zero-order chi connectivity index (χ0) is 15.0. The largest absolute Gasteiger partial charge is 0.419 e. The van der Waals surface area contributed by atoms with Crippen molar-refractivity contribution >= 4 is 0 Å². The first-order chi connectivity index (χ1) is 9.25. The maximum Gasteiger partial charge on any atom is 0.419 e. The number of alkyl halides is 3. The molecule has 0 aromatic rings. The average molecular weight is 290 g/mol. The summed E-state index contributed by atoms with van der Waals surface area (Å²) in [7, 11) is 1.13. The quantitative estimate of drug-likeness (QED) is 0.801. The van der Waals surface area contributed by atoms with Crippen molar-refractivity contribution in [2.24, 2.45) is 5.41 Å². The number of hydrogen-bond acceptors (Lipinski definition) is 3. The molecule has 6 heteroatoms. The summed E-state index contributed by atoms with van der Waals surface area (Å²) in [5.41, 5.74) is -1.93. The number of nitriles is 1. The number of likely N-dealkylation sites (tertiary alicyclic amines) is 1. The number of rotatable bonds is 3. The van der Waals surface area contributed by atoms with E-state index < -0.39 is 11.8 Å². The fourth-order valence-corrected chi connectivity index (χ4v) is 3.32. The zero-order valence-corrected chi connectivity index (χ0v) is 12.0. The van der Waals surface area contributed by atoms with Crippen LogP contribution in [0.3, 0.4) is 0 Å². The van der Waals surface area contributed by atoms with E-state index in [4.69, 9.17) is 10.00 Å². The van der Waals surface area contributed by atoms with E-state index in [9.17, 15) is 13.2 Å². The maximum atomic E-state index is 12.9. The van der Waals surface area contributed by atoms with Crippen molar-refractivity contribution in [3.63, 3.8) is 0 Å². The molecule has 0 aromatic carbocycles. The van der Waals surface area contributed by atoms with Gasteiger partial charge in [0.1, 0.15) is 0 Å². The Hall–Kier alpha value is -0.800. The summed E-state index contributed by atoms with van der Waals surface area (Å²) in [5, 5.41) is 8.80. The van der Waals surface area contributed by atoms with Crippen LogP contribution in [0.25, 0.3) is 0 Å². The fourth-order valence-electron chi connectivity index (χ4n) is 3.32. The van der Waals surface area contributed by atoms with Crippen LogP contribution in [0.2, 0.25) is 0 Å². The highest BCUT2D eigenvalue weighted by Crippen LogP contribution is 2.45. The van der Waals surface area contributed by atoms with Crippen molar-refractivity contribution in [3.8, 4) is 6.07 Å². The van der Waals surface area contributed by atoms with Crippen molar-refractivity contribution in [2.75, 3.05) is 20.2 Å². The molecule has 1 aliphatic heterocycles. The first kappa shape index (κ1) is 15.6. The van der Waals surface area contributed by atoms with Crippen LogP contribution in [-0.4, -0.2) is 42.9 Å². The van der Waals surface area contributed by atoms with Crippen LogP contribution in [0.4, 0.5) is 13.2 Å². The van der Waals surface area contributed by atoms with Gasteiger partial charge in [0.05, 0.1) is 6.07 Å². The summed E-state index contributed by atoms with van der Waals surface area (Å²) < 4.78 is 43.5. The van der Waals surface area contributed by atoms with Gasteiger partial charge in [-0.05, 0) is 31.1 Å². The molecule has 2 rings (SSSR count). The molecule has 2 aliphatic rings. The van der Waals surface area contributed by atoms with E-state index in [-0.39, 0.29) is 24.5 Å². The third-order valence-corrected chi connectivity index (χ3v) is 5.01. The lowest BCUT2D eigenvalue weighted by atomic mass is 9.71. The highest BCUT2D eigenvalue weighted by atomic mass is 19.4. The lowest BCUT2D eigenvalue weighted by Crippen LogP contribution is -2.72. The lowest BCUT2D eigenvalue weighted by molar-refractivity contribution is -0.316. The summed E-state index contributed by atoms with van der Waals surface area (Å²) >= 11 is 0. The van der Waals surface area contributed by atoms with Crippen LogP contribution in [-0.2, 0) is 4.74 Å². The molecule has 0 spiro atoms. The Kier molecular flexibility index (Phi) is 4.05. The molecule has 0 atom stereocenters. The molecule has 0 unspecified atom stereocenters. The lowest BCUT2D eigenvalue weighted by Gasteiger charge is -2.54. The van der Waals surface area contributed by atoms with Gasteiger partial charge < -0.3 is 4.74 Å². The molecule has 0 bridgehead atoms. The smallest absolute Gasteiger partial charge is 0.366 e. The number of methoxy groups -OCH3 is 1. The Morgan fingerprint density at radius 3 is 2.25 bits per heavy atom. The van der Waals surface area contributed by atoms with E-state index in [0.29, 0.717) is 6.42 Å². The number of halogens is 3. The second-order valence-corrected chi connectivity index (χ2v) is 6.48. The van der Waals surface area contributed by atoms with E-state index in [2.05, 4.69) is 13.0 Å². The van der Waals surface area contributed by atoms with Gasteiger partial charge in [-0.25, -0.2) is 0 Å². The van der Waals surface area contributed by atoms with Crippen LogP contribution in [0.1, 0.15) is 39.0 Å². The van der Waals surface area contributed by atoms with E-state index in [1.165, 1.54) is 0 Å². The molecule has 2 fully saturated rings. The van der Waals surface area contributed by atoms with Crippen LogP contribution in [0.5, 0.6) is 0 Å². The van der Waals surface area contributed by atoms with Gasteiger partial charge in [-0.3, -0.25) is 4.90 Å². The second-order valence-electron chi connectivity index (χ2n) is 6.48. The van der Waals surface area contributed by atoms with Gasteiger partial charge in [0.2, 0.25) is 0 Å². The Bertz CT molecular complexity index is 388. The van der Waals surface area contributed by atoms with Crippen LogP contribution >= 0.6 is 0 Å². The van der Waals surface area contributed by atoms with E-state index in [1.807, 2.05) is 4.90 Å². The van der Waals surface area contributed by atoms with Crippen molar-refractivity contribution in [2.45, 2.75) is 56.8 Å². The molecule has 0 amide bonds. The van der Waals surface area contributed by atoms with Gasteiger partial charge in [0.25, 0.3) is 0 Å². The highest BCUT2D eigenvalue weighted by Gasteiger charge is 2.63. The van der Waals surface area contributed by atoms with Crippen LogP contribution in [0.15, 0.2) is 0 Å². The molecule has 1 aliphatic carbocycles. The normalized spacial score (nSPS) is 34.3. The molecular weight excluding hydrogens is 269 g/mol. The van der Waals surface area contributed by atoms with Crippen molar-refractivity contribution < 1.29 is 17.9 Å². The summed E-state index contributed by atoms with van der Waals surface area (Å²) in [6.45, 7) is 1.97. The van der Waals surface area contributed by atoms with Crippen molar-refractivity contribution in [3.05, 3.63) is 0 Å². The third kappa shape index (κ3) is 2.66. The average Bonchev–Trinajstić information content (AvgIpc) is 2.29. The SMILES string of the molecule is COC1(C(F)(F)F)CN([C@H]2CC[C@@](C)(CC#N)CC2)C1. The predicted molar refractivity (Wildman–Crippen MR) is 68.0 cm³/mol. The fraction of sp³-hybridized carbons (Fsp3) is 0.929. The van der Waals surface area contributed by atoms with Gasteiger partial charge in [0, 0.05) is 32.7 Å². The minimum Gasteiger partial charge on any atom is -0.366 e. The molecule has 3 nitrogen and oxygen atoms in total. The molecule has 1 heterocycles. The molecule has 20 heavy (non-hydrogen) atoms. The predicted octanol–water partition coefficient (Wildman–Crippen LogP) is 3.11. The monoisotopic (exact) mass is 290 g/mol. The van der Waals surface area contributed by atoms with Gasteiger partial charge in [-0.15, -0.1) is 0 Å². The topological polar surface area (TPSA) is 36.3 Å². The van der Waals surface area contributed by atoms with Gasteiger partial charge >= 0.3 is 6.18 Å². The minimum atomic E-state index is -4.30. The summed E-state index contributed by atoms with van der Waals surface area (Å²) in [6, 6.07) is 2.41. The van der Waals surface area contributed by atoms with Crippen molar-refractivity contribution in [1.29, 1.82) is 5.26 Å². The molecule has 1 saturated carbocycles. The summed E-state index contributed by atoms with van der Waals surface area (Å²) in [4.78, 5) is 1.88. The van der Waals surface area contributed by atoms with E-state index in [0.717, 1.165) is 32.8 Å². The molecule has 1 saturated heterocycles. The third-order valence-electron chi connectivity index (χ3n) is 5.01. The second kappa shape index (κ2) is 5.19. The van der Waals surface area contributed by atoms with Crippen LogP contribution < -0.4 is 0 Å². The van der Waals surface area contributed by atoms with E-state index in [1.54, 1.807) is 0 Å². The maximum absolute atomic E-state index is 12.9. The molecule has 0 radical (unpaired) electrons. The molecule has 0 aromatic heterocycles. The highest BCUT2D eigenvalue weighted by molar-refractivity contribution is 5.05. The Labute approximate surface area is 117 Å². The standard InChI is InChI=1S/C14H21F3N2O/c1-12(7-8-18)5-3-11(4-6-12)19-9-13(10-19,20-2)14(15,16)17/h11H,3-7,9-10H2,1-2H3/t11-,12+. The number of nitrogens with zero attached hydrogens (tertiary/aromatic N) is 2. The van der Waals surface area contributed by atoms with Gasteiger partial charge in [-0.1, -0.05) is 6.92 Å². The van der Waals surface area contributed by atoms with Gasteiger partial charge in [-0.2, -0.15) is 18.4 Å². The first-order valence-corrected chi connectivity index (χ1v) is 6.98. The van der Waals surface area contributed by atoms with Crippen molar-refractivity contribution in [1.82, 2.24) is 4.90 Å². The minimum absolute atomic E-state index is 0.0402. The molecule has 114 valence electrons. The van der Waals surface area contributed by atoms with E-state index >= 15 is 0 Å². The Morgan fingerprint density at radius 2 is 1.85 bits per heavy atom. The number of ether oxygens (including phenoxy) is 1. The zero-order valence-electron chi connectivity index (χ0n) is 12.0. The number of hydrogen-bond donors (Lipinski definition) is 0. The molecular formula is C14H21F3N2O.